The summed E-state index contributed by atoms with van der Waals surface area (Å²) in [5.41, 5.74) is 6.59. The highest BCUT2D eigenvalue weighted by molar-refractivity contribution is 5.85. The lowest BCUT2D eigenvalue weighted by atomic mass is 9.86. The fourth-order valence-corrected chi connectivity index (χ4v) is 3.61. The molecule has 0 unspecified atom stereocenters. The SMILES string of the molecule is COc1ccc(Cn2ccc3cc(-c4ccc(C(C)(C)C)cc4)ccc32)cc1. The van der Waals surface area contributed by atoms with Crippen LogP contribution in [-0.4, -0.2) is 11.7 Å². The first kappa shape index (κ1) is 18.4. The minimum atomic E-state index is 0.182. The van der Waals surface area contributed by atoms with Crippen LogP contribution < -0.4 is 4.74 Å². The monoisotopic (exact) mass is 369 g/mol. The van der Waals surface area contributed by atoms with E-state index in [1.54, 1.807) is 7.11 Å². The number of aromatic nitrogens is 1. The fourth-order valence-electron chi connectivity index (χ4n) is 3.61. The minimum Gasteiger partial charge on any atom is -0.497 e. The Kier molecular flexibility index (Phi) is 4.72. The van der Waals surface area contributed by atoms with E-state index < -0.39 is 0 Å². The smallest absolute Gasteiger partial charge is 0.118 e. The van der Waals surface area contributed by atoms with E-state index in [0.717, 1.165) is 12.3 Å². The first-order valence-corrected chi connectivity index (χ1v) is 9.77. The van der Waals surface area contributed by atoms with E-state index in [9.17, 15) is 0 Å². The first-order valence-electron chi connectivity index (χ1n) is 9.77. The van der Waals surface area contributed by atoms with Crippen LogP contribution in [-0.2, 0) is 12.0 Å². The molecule has 0 radical (unpaired) electrons. The Bertz CT molecular complexity index is 1080. The van der Waals surface area contributed by atoms with Crippen LogP contribution in [0.15, 0.2) is 79.0 Å². The molecule has 0 saturated heterocycles. The van der Waals surface area contributed by atoms with Crippen molar-refractivity contribution in [3.63, 3.8) is 0 Å². The van der Waals surface area contributed by atoms with Gasteiger partial charge in [0.15, 0.2) is 0 Å². The Morgan fingerprint density at radius 3 is 2.11 bits per heavy atom. The Morgan fingerprint density at radius 2 is 1.46 bits per heavy atom. The van der Waals surface area contributed by atoms with E-state index >= 15 is 0 Å². The van der Waals surface area contributed by atoms with Crippen molar-refractivity contribution in [3.8, 4) is 16.9 Å². The Labute approximate surface area is 167 Å². The van der Waals surface area contributed by atoms with Crippen molar-refractivity contribution in [3.05, 3.63) is 90.1 Å². The van der Waals surface area contributed by atoms with Crippen LogP contribution in [0.4, 0.5) is 0 Å². The third kappa shape index (κ3) is 3.68. The lowest BCUT2D eigenvalue weighted by Crippen LogP contribution is -2.10. The van der Waals surface area contributed by atoms with Crippen LogP contribution >= 0.6 is 0 Å². The quantitative estimate of drug-likeness (QED) is 0.392. The van der Waals surface area contributed by atoms with Gasteiger partial charge in [-0.1, -0.05) is 63.2 Å². The molecule has 0 aliphatic heterocycles. The summed E-state index contributed by atoms with van der Waals surface area (Å²) < 4.78 is 7.54. The molecule has 142 valence electrons. The summed E-state index contributed by atoms with van der Waals surface area (Å²) in [6.45, 7) is 7.60. The lowest BCUT2D eigenvalue weighted by molar-refractivity contribution is 0.414. The normalized spacial score (nSPS) is 11.7. The summed E-state index contributed by atoms with van der Waals surface area (Å²) >= 11 is 0. The minimum absolute atomic E-state index is 0.182. The number of nitrogens with zero attached hydrogens (tertiary/aromatic N) is 1. The number of hydrogen-bond acceptors (Lipinski definition) is 1. The third-order valence-electron chi connectivity index (χ3n) is 5.37. The van der Waals surface area contributed by atoms with Crippen molar-refractivity contribution >= 4 is 10.9 Å². The Hall–Kier alpha value is -3.00. The van der Waals surface area contributed by atoms with Gasteiger partial charge in [0.1, 0.15) is 5.75 Å². The molecule has 3 aromatic carbocycles. The maximum atomic E-state index is 5.25. The molecule has 0 amide bonds. The molecule has 0 atom stereocenters. The van der Waals surface area contributed by atoms with E-state index in [1.807, 2.05) is 12.1 Å². The van der Waals surface area contributed by atoms with Gasteiger partial charge in [-0.3, -0.25) is 0 Å². The maximum Gasteiger partial charge on any atom is 0.118 e. The molecule has 0 N–H and O–H groups in total. The molecule has 2 nitrogen and oxygen atoms in total. The largest absolute Gasteiger partial charge is 0.497 e. The highest BCUT2D eigenvalue weighted by Crippen LogP contribution is 2.29. The van der Waals surface area contributed by atoms with E-state index in [-0.39, 0.29) is 5.41 Å². The Balaban J connectivity index is 1.60. The molecule has 4 rings (SSSR count). The molecule has 0 fully saturated rings. The topological polar surface area (TPSA) is 14.2 Å². The standard InChI is InChI=1S/C26H27NO/c1-26(2,3)23-10-7-20(8-11-23)21-9-14-25-22(17-21)15-16-27(25)18-19-5-12-24(28-4)13-6-19/h5-17H,18H2,1-4H3. The number of methoxy groups -OCH3 is 1. The molecule has 1 heterocycles. The predicted molar refractivity (Wildman–Crippen MR) is 118 cm³/mol. The van der Waals surface area contributed by atoms with Gasteiger partial charge in [0.25, 0.3) is 0 Å². The molecule has 1 aromatic heterocycles. The zero-order valence-electron chi connectivity index (χ0n) is 17.1. The van der Waals surface area contributed by atoms with Gasteiger partial charge in [0, 0.05) is 23.6 Å². The molecule has 0 bridgehead atoms. The third-order valence-corrected chi connectivity index (χ3v) is 5.37. The molecule has 0 aliphatic carbocycles. The molecule has 28 heavy (non-hydrogen) atoms. The van der Waals surface area contributed by atoms with E-state index in [4.69, 9.17) is 4.74 Å². The van der Waals surface area contributed by atoms with Crippen LogP contribution in [0.25, 0.3) is 22.0 Å². The van der Waals surface area contributed by atoms with Crippen molar-refractivity contribution in [1.82, 2.24) is 4.57 Å². The van der Waals surface area contributed by atoms with Crippen molar-refractivity contribution in [2.24, 2.45) is 0 Å². The number of benzene rings is 3. The average Bonchev–Trinajstić information content (AvgIpc) is 3.10. The van der Waals surface area contributed by atoms with Gasteiger partial charge in [-0.15, -0.1) is 0 Å². The van der Waals surface area contributed by atoms with Gasteiger partial charge in [0.05, 0.1) is 7.11 Å². The summed E-state index contributed by atoms with van der Waals surface area (Å²) in [4.78, 5) is 0. The number of hydrogen-bond donors (Lipinski definition) is 0. The highest BCUT2D eigenvalue weighted by atomic mass is 16.5. The highest BCUT2D eigenvalue weighted by Gasteiger charge is 2.13. The van der Waals surface area contributed by atoms with Crippen molar-refractivity contribution in [2.75, 3.05) is 7.11 Å². The second-order valence-corrected chi connectivity index (χ2v) is 8.39. The van der Waals surface area contributed by atoms with Crippen LogP contribution in [0.1, 0.15) is 31.9 Å². The molecule has 0 aliphatic rings. The summed E-state index contributed by atoms with van der Waals surface area (Å²) in [6, 6.07) is 26.2. The van der Waals surface area contributed by atoms with Crippen LogP contribution in [0.5, 0.6) is 5.75 Å². The average molecular weight is 370 g/mol. The van der Waals surface area contributed by atoms with E-state index in [0.29, 0.717) is 0 Å². The number of rotatable bonds is 4. The van der Waals surface area contributed by atoms with E-state index in [1.165, 1.54) is 33.2 Å². The van der Waals surface area contributed by atoms with Gasteiger partial charge in [-0.25, -0.2) is 0 Å². The van der Waals surface area contributed by atoms with Gasteiger partial charge in [0.2, 0.25) is 0 Å². The van der Waals surface area contributed by atoms with Crippen molar-refractivity contribution in [2.45, 2.75) is 32.7 Å². The van der Waals surface area contributed by atoms with Crippen molar-refractivity contribution in [1.29, 1.82) is 0 Å². The second-order valence-electron chi connectivity index (χ2n) is 8.39. The summed E-state index contributed by atoms with van der Waals surface area (Å²) in [5.74, 6) is 0.892. The molecular weight excluding hydrogens is 342 g/mol. The predicted octanol–water partition coefficient (Wildman–Crippen LogP) is 6.66. The lowest BCUT2D eigenvalue weighted by Gasteiger charge is -2.19. The van der Waals surface area contributed by atoms with Crippen LogP contribution in [0.2, 0.25) is 0 Å². The zero-order chi connectivity index (χ0) is 19.7. The van der Waals surface area contributed by atoms with Gasteiger partial charge in [-0.2, -0.15) is 0 Å². The van der Waals surface area contributed by atoms with Crippen molar-refractivity contribution < 1.29 is 4.74 Å². The van der Waals surface area contributed by atoms with Gasteiger partial charge in [-0.05, 0) is 58.0 Å². The molecule has 0 saturated carbocycles. The van der Waals surface area contributed by atoms with Crippen LogP contribution in [0.3, 0.4) is 0 Å². The van der Waals surface area contributed by atoms with Gasteiger partial charge >= 0.3 is 0 Å². The van der Waals surface area contributed by atoms with Gasteiger partial charge < -0.3 is 9.30 Å². The summed E-state index contributed by atoms with van der Waals surface area (Å²) in [6.07, 6.45) is 2.17. The molecule has 4 aromatic rings. The maximum absolute atomic E-state index is 5.25. The fraction of sp³-hybridized carbons (Fsp3) is 0.231. The summed E-state index contributed by atoms with van der Waals surface area (Å²) in [7, 11) is 1.70. The Morgan fingerprint density at radius 1 is 0.786 bits per heavy atom. The molecular formula is C26H27NO. The number of ether oxygens (including phenoxy) is 1. The first-order chi connectivity index (χ1) is 13.4. The van der Waals surface area contributed by atoms with Crippen LogP contribution in [0, 0.1) is 0 Å². The number of fused-ring (bicyclic) bond motifs is 1. The molecule has 0 spiro atoms. The van der Waals surface area contributed by atoms with E-state index in [2.05, 4.69) is 92.2 Å². The molecule has 2 heteroatoms. The zero-order valence-corrected chi connectivity index (χ0v) is 17.1. The second kappa shape index (κ2) is 7.20. The summed E-state index contributed by atoms with van der Waals surface area (Å²) in [5, 5.41) is 1.27.